The number of likely N-dealkylation sites (tertiary alicyclic amines) is 1. The molecule has 0 aromatic rings. The van der Waals surface area contributed by atoms with E-state index in [0.29, 0.717) is 0 Å². The van der Waals surface area contributed by atoms with E-state index in [0.717, 1.165) is 38.4 Å². The number of esters is 1. The Morgan fingerprint density at radius 1 is 1.35 bits per heavy atom. The molecule has 0 saturated carbocycles. The lowest BCUT2D eigenvalue weighted by Gasteiger charge is -2.33. The fourth-order valence-electron chi connectivity index (χ4n) is 2.40. The van der Waals surface area contributed by atoms with Crippen molar-refractivity contribution in [3.05, 3.63) is 0 Å². The maximum absolute atomic E-state index is 11.5. The van der Waals surface area contributed by atoms with Gasteiger partial charge in [-0.1, -0.05) is 19.8 Å². The van der Waals surface area contributed by atoms with Crippen molar-refractivity contribution in [1.29, 1.82) is 0 Å². The first-order chi connectivity index (χ1) is 9.22. The zero-order valence-electron chi connectivity index (χ0n) is 12.9. The highest BCUT2D eigenvalue weighted by Crippen LogP contribution is 2.18. The Bertz CT molecular complexity index is 303. The summed E-state index contributed by atoms with van der Waals surface area (Å²) in [5.41, 5.74) is 0. The van der Waals surface area contributed by atoms with Gasteiger partial charge in [-0.05, 0) is 19.3 Å². The number of rotatable bonds is 5. The molecule has 0 spiro atoms. The molecule has 0 atom stereocenters. The first-order valence-corrected chi connectivity index (χ1v) is 7.26. The predicted octanol–water partition coefficient (Wildman–Crippen LogP) is 2.26. The molecular weight excluding hydrogens is 369 g/mol. The van der Waals surface area contributed by atoms with Crippen molar-refractivity contribution in [2.45, 2.75) is 39.0 Å². The van der Waals surface area contributed by atoms with Crippen LogP contribution in [-0.2, 0) is 9.53 Å². The smallest absolute Gasteiger partial charge is 0.308 e. The van der Waals surface area contributed by atoms with Crippen LogP contribution >= 0.6 is 24.0 Å². The fraction of sp³-hybridized carbons (Fsp3) is 0.857. The van der Waals surface area contributed by atoms with Crippen LogP contribution < -0.4 is 5.32 Å². The third kappa shape index (κ3) is 6.28. The Labute approximate surface area is 139 Å². The Kier molecular flexibility index (Phi) is 10.9. The highest BCUT2D eigenvalue weighted by molar-refractivity contribution is 14.0. The summed E-state index contributed by atoms with van der Waals surface area (Å²) >= 11 is 0. The van der Waals surface area contributed by atoms with Gasteiger partial charge in [-0.2, -0.15) is 0 Å². The molecule has 1 saturated heterocycles. The van der Waals surface area contributed by atoms with Crippen molar-refractivity contribution in [2.75, 3.05) is 33.8 Å². The van der Waals surface area contributed by atoms with E-state index in [9.17, 15) is 4.79 Å². The number of nitrogens with zero attached hydrogens (tertiary/aromatic N) is 2. The van der Waals surface area contributed by atoms with Gasteiger partial charge in [0.15, 0.2) is 5.96 Å². The van der Waals surface area contributed by atoms with E-state index in [4.69, 9.17) is 4.74 Å². The molecule has 5 nitrogen and oxygen atoms in total. The van der Waals surface area contributed by atoms with Crippen LogP contribution in [0.2, 0.25) is 0 Å². The van der Waals surface area contributed by atoms with E-state index in [-0.39, 0.29) is 35.9 Å². The summed E-state index contributed by atoms with van der Waals surface area (Å²) in [6, 6.07) is 0. The number of piperidine rings is 1. The fourth-order valence-corrected chi connectivity index (χ4v) is 2.40. The van der Waals surface area contributed by atoms with Gasteiger partial charge >= 0.3 is 5.97 Å². The number of unbranched alkanes of at least 4 members (excludes halogenated alkanes) is 2. The summed E-state index contributed by atoms with van der Waals surface area (Å²) in [4.78, 5) is 18.0. The van der Waals surface area contributed by atoms with Crippen LogP contribution in [0, 0.1) is 5.92 Å². The lowest BCUT2D eigenvalue weighted by Crippen LogP contribution is -2.46. The summed E-state index contributed by atoms with van der Waals surface area (Å²) < 4.78 is 4.80. The number of halogens is 1. The van der Waals surface area contributed by atoms with Gasteiger partial charge in [0.25, 0.3) is 0 Å². The molecule has 1 rings (SSSR count). The molecule has 0 aromatic carbocycles. The van der Waals surface area contributed by atoms with E-state index >= 15 is 0 Å². The molecule has 20 heavy (non-hydrogen) atoms. The van der Waals surface area contributed by atoms with Gasteiger partial charge in [0.2, 0.25) is 0 Å². The number of methoxy groups -OCH3 is 1. The van der Waals surface area contributed by atoms with E-state index < -0.39 is 0 Å². The minimum Gasteiger partial charge on any atom is -0.469 e. The Morgan fingerprint density at radius 3 is 2.50 bits per heavy atom. The van der Waals surface area contributed by atoms with Gasteiger partial charge in [0.05, 0.1) is 13.0 Å². The molecule has 0 amide bonds. The first kappa shape index (κ1) is 19.5. The topological polar surface area (TPSA) is 53.9 Å². The van der Waals surface area contributed by atoms with Crippen molar-refractivity contribution in [3.8, 4) is 0 Å². The second-order valence-electron chi connectivity index (χ2n) is 4.97. The molecule has 118 valence electrons. The summed E-state index contributed by atoms with van der Waals surface area (Å²) in [5, 5.41) is 3.39. The number of carbonyl (C=O) groups excluding carboxylic acids is 1. The largest absolute Gasteiger partial charge is 0.469 e. The average Bonchev–Trinajstić information content (AvgIpc) is 2.47. The number of hydrogen-bond acceptors (Lipinski definition) is 3. The average molecular weight is 397 g/mol. The van der Waals surface area contributed by atoms with Crippen LogP contribution in [0.1, 0.15) is 39.0 Å². The molecule has 0 aromatic heterocycles. The minimum atomic E-state index is -0.0782. The van der Waals surface area contributed by atoms with Crippen LogP contribution in [-0.4, -0.2) is 50.6 Å². The Morgan fingerprint density at radius 2 is 2.00 bits per heavy atom. The maximum atomic E-state index is 11.5. The number of nitrogens with one attached hydrogen (secondary N) is 1. The molecule has 0 radical (unpaired) electrons. The monoisotopic (exact) mass is 397 g/mol. The van der Waals surface area contributed by atoms with Gasteiger partial charge in [0.1, 0.15) is 0 Å². The predicted molar refractivity (Wildman–Crippen MR) is 92.6 cm³/mol. The first-order valence-electron chi connectivity index (χ1n) is 7.26. The highest BCUT2D eigenvalue weighted by Gasteiger charge is 2.26. The third-order valence-electron chi connectivity index (χ3n) is 3.60. The Balaban J connectivity index is 0.00000361. The number of carbonyl (C=O) groups is 1. The van der Waals surface area contributed by atoms with Crippen LogP contribution in [0.4, 0.5) is 0 Å². The maximum Gasteiger partial charge on any atom is 0.308 e. The van der Waals surface area contributed by atoms with Crippen molar-refractivity contribution >= 4 is 35.9 Å². The molecule has 6 heteroatoms. The lowest BCUT2D eigenvalue weighted by molar-refractivity contribution is -0.146. The van der Waals surface area contributed by atoms with Crippen LogP contribution in [0.25, 0.3) is 0 Å². The minimum absolute atomic E-state index is 0. The van der Waals surface area contributed by atoms with E-state index in [1.807, 2.05) is 7.05 Å². The number of hydrogen-bond donors (Lipinski definition) is 1. The van der Waals surface area contributed by atoms with Gasteiger partial charge in [-0.25, -0.2) is 0 Å². The molecule has 1 fully saturated rings. The SMILES string of the molecule is CCCCCNC(=NC)N1CCC(C(=O)OC)CC1.I. The highest BCUT2D eigenvalue weighted by atomic mass is 127. The molecule has 0 unspecified atom stereocenters. The van der Waals surface area contributed by atoms with Crippen molar-refractivity contribution in [1.82, 2.24) is 10.2 Å². The quantitative estimate of drug-likeness (QED) is 0.254. The second kappa shape index (κ2) is 11.2. The molecule has 0 aliphatic carbocycles. The van der Waals surface area contributed by atoms with Crippen LogP contribution in [0.15, 0.2) is 4.99 Å². The number of guanidine groups is 1. The van der Waals surface area contributed by atoms with Crippen LogP contribution in [0.3, 0.4) is 0 Å². The van der Waals surface area contributed by atoms with Crippen molar-refractivity contribution in [3.63, 3.8) is 0 Å². The third-order valence-corrected chi connectivity index (χ3v) is 3.60. The van der Waals surface area contributed by atoms with Gasteiger partial charge in [0, 0.05) is 26.7 Å². The van der Waals surface area contributed by atoms with Gasteiger partial charge in [-0.15, -0.1) is 24.0 Å². The number of ether oxygens (including phenoxy) is 1. The molecule has 1 aliphatic rings. The molecular formula is C14H28IN3O2. The Hall–Kier alpha value is -0.530. The normalized spacial score (nSPS) is 16.6. The van der Waals surface area contributed by atoms with Gasteiger partial charge in [-0.3, -0.25) is 9.79 Å². The lowest BCUT2D eigenvalue weighted by atomic mass is 9.97. The second-order valence-corrected chi connectivity index (χ2v) is 4.97. The molecule has 1 heterocycles. The standard InChI is InChI=1S/C14H27N3O2.HI/c1-4-5-6-9-16-14(15-2)17-10-7-12(8-11-17)13(18)19-3;/h12H,4-11H2,1-3H3,(H,15,16);1H. The van der Waals surface area contributed by atoms with E-state index in [1.165, 1.54) is 26.4 Å². The van der Waals surface area contributed by atoms with E-state index in [2.05, 4.69) is 22.1 Å². The summed E-state index contributed by atoms with van der Waals surface area (Å²) in [5.74, 6) is 0.935. The summed E-state index contributed by atoms with van der Waals surface area (Å²) in [6.45, 7) is 4.91. The molecule has 1 N–H and O–H groups in total. The summed E-state index contributed by atoms with van der Waals surface area (Å²) in [6.07, 6.45) is 5.35. The number of aliphatic imine (C=N–C) groups is 1. The van der Waals surface area contributed by atoms with Crippen molar-refractivity contribution in [2.24, 2.45) is 10.9 Å². The molecule has 0 bridgehead atoms. The zero-order valence-corrected chi connectivity index (χ0v) is 15.2. The zero-order chi connectivity index (χ0) is 14.1. The van der Waals surface area contributed by atoms with E-state index in [1.54, 1.807) is 0 Å². The van der Waals surface area contributed by atoms with Crippen LogP contribution in [0.5, 0.6) is 0 Å². The molecule has 1 aliphatic heterocycles. The van der Waals surface area contributed by atoms with Crippen molar-refractivity contribution < 1.29 is 9.53 Å². The summed E-state index contributed by atoms with van der Waals surface area (Å²) in [7, 11) is 3.28. The van der Waals surface area contributed by atoms with Gasteiger partial charge < -0.3 is 15.0 Å².